The summed E-state index contributed by atoms with van der Waals surface area (Å²) in [4.78, 5) is 4.34. The lowest BCUT2D eigenvalue weighted by Gasteiger charge is -2.02. The van der Waals surface area contributed by atoms with Gasteiger partial charge in [-0.15, -0.1) is 0 Å². The summed E-state index contributed by atoms with van der Waals surface area (Å²) in [6.07, 6.45) is 1.75. The maximum atomic E-state index is 5.88. The van der Waals surface area contributed by atoms with Crippen molar-refractivity contribution in [3.05, 3.63) is 18.0 Å². The molecule has 0 unspecified atom stereocenters. The van der Waals surface area contributed by atoms with Crippen LogP contribution in [0.1, 0.15) is 12.6 Å². The van der Waals surface area contributed by atoms with Crippen molar-refractivity contribution < 1.29 is 0 Å². The van der Waals surface area contributed by atoms with Gasteiger partial charge in [-0.25, -0.2) is 4.98 Å². The zero-order chi connectivity index (χ0) is 9.42. The molecule has 0 saturated carbocycles. The smallest absolute Gasteiger partial charge is 0.111 e. The predicted molar refractivity (Wildman–Crippen MR) is 52.4 cm³/mol. The SMILES string of the molecule is CCn1ncc2nc(C)cc(N)c21. The van der Waals surface area contributed by atoms with Crippen molar-refractivity contribution in [2.45, 2.75) is 20.4 Å². The summed E-state index contributed by atoms with van der Waals surface area (Å²) in [5.74, 6) is 0. The van der Waals surface area contributed by atoms with E-state index in [0.717, 1.165) is 29.0 Å². The normalized spacial score (nSPS) is 10.9. The van der Waals surface area contributed by atoms with Crippen molar-refractivity contribution in [1.82, 2.24) is 14.8 Å². The third kappa shape index (κ3) is 1.14. The van der Waals surface area contributed by atoms with Gasteiger partial charge < -0.3 is 5.73 Å². The molecule has 2 aromatic heterocycles. The van der Waals surface area contributed by atoms with Crippen molar-refractivity contribution in [3.63, 3.8) is 0 Å². The Hall–Kier alpha value is -1.58. The van der Waals surface area contributed by atoms with E-state index in [1.165, 1.54) is 0 Å². The third-order valence-electron chi connectivity index (χ3n) is 2.05. The minimum absolute atomic E-state index is 0.752. The first kappa shape index (κ1) is 8.04. The average Bonchev–Trinajstić information content (AvgIpc) is 2.47. The summed E-state index contributed by atoms with van der Waals surface area (Å²) in [5.41, 5.74) is 9.37. The number of fused-ring (bicyclic) bond motifs is 1. The number of anilines is 1. The first-order chi connectivity index (χ1) is 6.22. The molecule has 0 radical (unpaired) electrons. The van der Waals surface area contributed by atoms with Crippen LogP contribution in [0.2, 0.25) is 0 Å². The molecule has 0 atom stereocenters. The second kappa shape index (κ2) is 2.73. The van der Waals surface area contributed by atoms with Gasteiger partial charge in [0.1, 0.15) is 11.0 Å². The molecule has 2 rings (SSSR count). The fourth-order valence-corrected chi connectivity index (χ4v) is 1.51. The zero-order valence-electron chi connectivity index (χ0n) is 7.78. The molecule has 2 heterocycles. The van der Waals surface area contributed by atoms with Crippen molar-refractivity contribution in [1.29, 1.82) is 0 Å². The molecule has 0 aliphatic carbocycles. The highest BCUT2D eigenvalue weighted by Gasteiger charge is 2.06. The first-order valence-electron chi connectivity index (χ1n) is 4.31. The molecule has 2 N–H and O–H groups in total. The van der Waals surface area contributed by atoms with Crippen LogP contribution in [0, 0.1) is 6.92 Å². The highest BCUT2D eigenvalue weighted by atomic mass is 15.3. The Morgan fingerprint density at radius 1 is 1.54 bits per heavy atom. The molecular formula is C9H12N4. The van der Waals surface area contributed by atoms with Gasteiger partial charge in [0, 0.05) is 12.2 Å². The van der Waals surface area contributed by atoms with Crippen LogP contribution in [-0.2, 0) is 6.54 Å². The van der Waals surface area contributed by atoms with Gasteiger partial charge in [0.25, 0.3) is 0 Å². The second-order valence-corrected chi connectivity index (χ2v) is 3.05. The Labute approximate surface area is 76.4 Å². The zero-order valence-corrected chi connectivity index (χ0v) is 7.78. The molecule has 2 aromatic rings. The number of aryl methyl sites for hydroxylation is 2. The van der Waals surface area contributed by atoms with Crippen LogP contribution in [0.5, 0.6) is 0 Å². The molecular weight excluding hydrogens is 164 g/mol. The summed E-state index contributed by atoms with van der Waals surface area (Å²) in [7, 11) is 0. The lowest BCUT2D eigenvalue weighted by Crippen LogP contribution is -1.99. The van der Waals surface area contributed by atoms with E-state index in [1.54, 1.807) is 6.20 Å². The molecule has 0 spiro atoms. The number of hydrogen-bond donors (Lipinski definition) is 1. The van der Waals surface area contributed by atoms with E-state index in [2.05, 4.69) is 10.1 Å². The lowest BCUT2D eigenvalue weighted by atomic mass is 10.3. The van der Waals surface area contributed by atoms with Gasteiger partial charge in [0.2, 0.25) is 0 Å². The predicted octanol–water partition coefficient (Wildman–Crippen LogP) is 1.34. The Kier molecular flexibility index (Phi) is 1.69. The largest absolute Gasteiger partial charge is 0.397 e. The fraction of sp³-hybridized carbons (Fsp3) is 0.333. The van der Waals surface area contributed by atoms with E-state index in [1.807, 2.05) is 24.6 Å². The molecule has 4 heteroatoms. The van der Waals surface area contributed by atoms with Gasteiger partial charge in [-0.05, 0) is 19.9 Å². The van der Waals surface area contributed by atoms with Crippen molar-refractivity contribution in [2.75, 3.05) is 5.73 Å². The molecule has 0 aliphatic heterocycles. The van der Waals surface area contributed by atoms with Gasteiger partial charge in [-0.3, -0.25) is 4.68 Å². The number of hydrogen-bond acceptors (Lipinski definition) is 3. The topological polar surface area (TPSA) is 56.7 Å². The van der Waals surface area contributed by atoms with Gasteiger partial charge in [0.05, 0.1) is 11.9 Å². The number of nitrogen functional groups attached to an aromatic ring is 1. The standard InChI is InChI=1S/C9H12N4/c1-3-13-9-7(10)4-6(2)12-8(9)5-11-13/h4-5H,3H2,1-2H3,(H2,10,12). The van der Waals surface area contributed by atoms with E-state index >= 15 is 0 Å². The molecule has 0 aliphatic rings. The summed E-state index contributed by atoms with van der Waals surface area (Å²) >= 11 is 0. The summed E-state index contributed by atoms with van der Waals surface area (Å²) in [6, 6.07) is 1.87. The van der Waals surface area contributed by atoms with E-state index in [0.29, 0.717) is 0 Å². The van der Waals surface area contributed by atoms with Crippen LogP contribution in [0.3, 0.4) is 0 Å². The van der Waals surface area contributed by atoms with Crippen LogP contribution < -0.4 is 5.73 Å². The highest BCUT2D eigenvalue weighted by molar-refractivity contribution is 5.86. The Bertz CT molecular complexity index is 444. The number of pyridine rings is 1. The Morgan fingerprint density at radius 3 is 3.00 bits per heavy atom. The summed E-state index contributed by atoms with van der Waals surface area (Å²) in [6.45, 7) is 4.78. The van der Waals surface area contributed by atoms with Gasteiger partial charge in [0.15, 0.2) is 0 Å². The minimum Gasteiger partial charge on any atom is -0.397 e. The van der Waals surface area contributed by atoms with Crippen molar-refractivity contribution in [3.8, 4) is 0 Å². The van der Waals surface area contributed by atoms with Crippen LogP contribution in [0.25, 0.3) is 11.0 Å². The third-order valence-corrected chi connectivity index (χ3v) is 2.05. The molecule has 4 nitrogen and oxygen atoms in total. The van der Waals surface area contributed by atoms with Crippen molar-refractivity contribution in [2.24, 2.45) is 0 Å². The number of rotatable bonds is 1. The first-order valence-corrected chi connectivity index (χ1v) is 4.31. The molecule has 13 heavy (non-hydrogen) atoms. The fourth-order valence-electron chi connectivity index (χ4n) is 1.51. The average molecular weight is 176 g/mol. The van der Waals surface area contributed by atoms with Crippen LogP contribution in [0.15, 0.2) is 12.3 Å². The van der Waals surface area contributed by atoms with E-state index in [9.17, 15) is 0 Å². The van der Waals surface area contributed by atoms with Crippen molar-refractivity contribution >= 4 is 16.7 Å². The summed E-state index contributed by atoms with van der Waals surface area (Å²) in [5, 5.41) is 4.19. The van der Waals surface area contributed by atoms with Gasteiger partial charge in [-0.1, -0.05) is 0 Å². The van der Waals surface area contributed by atoms with Crippen LogP contribution in [-0.4, -0.2) is 14.8 Å². The van der Waals surface area contributed by atoms with Gasteiger partial charge in [-0.2, -0.15) is 5.10 Å². The quantitative estimate of drug-likeness (QED) is 0.713. The Balaban J connectivity index is 2.82. The number of nitrogens with zero attached hydrogens (tertiary/aromatic N) is 3. The Morgan fingerprint density at radius 2 is 2.31 bits per heavy atom. The molecule has 0 bridgehead atoms. The number of aromatic nitrogens is 3. The maximum Gasteiger partial charge on any atom is 0.111 e. The maximum absolute atomic E-state index is 5.88. The lowest BCUT2D eigenvalue weighted by molar-refractivity contribution is 0.684. The molecule has 0 fully saturated rings. The molecule has 0 aromatic carbocycles. The van der Waals surface area contributed by atoms with Gasteiger partial charge >= 0.3 is 0 Å². The highest BCUT2D eigenvalue weighted by Crippen LogP contribution is 2.19. The number of nitrogens with two attached hydrogens (primary N) is 1. The van der Waals surface area contributed by atoms with Crippen LogP contribution >= 0.6 is 0 Å². The minimum atomic E-state index is 0.752. The monoisotopic (exact) mass is 176 g/mol. The van der Waals surface area contributed by atoms with E-state index in [-0.39, 0.29) is 0 Å². The molecule has 68 valence electrons. The second-order valence-electron chi connectivity index (χ2n) is 3.05. The van der Waals surface area contributed by atoms with E-state index < -0.39 is 0 Å². The molecule has 0 amide bonds. The summed E-state index contributed by atoms with van der Waals surface area (Å²) < 4.78 is 1.86. The molecule has 0 saturated heterocycles. The van der Waals surface area contributed by atoms with Crippen LogP contribution in [0.4, 0.5) is 5.69 Å². The van der Waals surface area contributed by atoms with E-state index in [4.69, 9.17) is 5.73 Å².